The highest BCUT2D eigenvalue weighted by molar-refractivity contribution is 5.71. The molecule has 1 N–H and O–H groups in total. The van der Waals surface area contributed by atoms with Crippen LogP contribution in [0.4, 0.5) is 0 Å². The van der Waals surface area contributed by atoms with Gasteiger partial charge in [0.2, 0.25) is 5.75 Å². The van der Waals surface area contributed by atoms with Crippen molar-refractivity contribution in [2.24, 2.45) is 0 Å². The van der Waals surface area contributed by atoms with Crippen molar-refractivity contribution in [3.05, 3.63) is 16.6 Å². The molecule has 0 unspecified atom stereocenters. The van der Waals surface area contributed by atoms with Crippen LogP contribution in [0.1, 0.15) is 26.7 Å². The fourth-order valence-electron chi connectivity index (χ4n) is 1.08. The molecule has 78 valence electrons. The second-order valence-corrected chi connectivity index (χ2v) is 2.91. The largest absolute Gasteiger partial charge is 0.419 e. The summed E-state index contributed by atoms with van der Waals surface area (Å²) in [5, 5.41) is 2.70. The van der Waals surface area contributed by atoms with Gasteiger partial charge in [0, 0.05) is 13.0 Å². The van der Waals surface area contributed by atoms with E-state index in [4.69, 9.17) is 4.74 Å². The topological polar surface area (TPSA) is 64.1 Å². The number of carbonyl (C=O) groups is 1. The first-order chi connectivity index (χ1) is 6.69. The monoisotopic (exact) mass is 198 g/mol. The highest BCUT2D eigenvalue weighted by Crippen LogP contribution is 2.02. The Hall–Kier alpha value is -1.52. The van der Waals surface area contributed by atoms with Crippen molar-refractivity contribution in [1.82, 2.24) is 9.78 Å². The Morgan fingerprint density at radius 2 is 2.29 bits per heavy atom. The Morgan fingerprint density at radius 1 is 1.57 bits per heavy atom. The lowest BCUT2D eigenvalue weighted by atomic mass is 10.3. The molecule has 1 aromatic rings. The van der Waals surface area contributed by atoms with Gasteiger partial charge in [-0.1, -0.05) is 6.92 Å². The number of aromatic nitrogens is 2. The standard InChI is InChI=1S/C9H14N2O3/c1-3-5-8(12)14-7-6-10-11(4-2)9(7)13/h6,10H,3-5H2,1-2H3. The number of hydrogen-bond acceptors (Lipinski definition) is 3. The van der Waals surface area contributed by atoms with Crippen molar-refractivity contribution in [1.29, 1.82) is 0 Å². The fourth-order valence-corrected chi connectivity index (χ4v) is 1.08. The molecule has 1 rings (SSSR count). The first-order valence-corrected chi connectivity index (χ1v) is 4.68. The molecule has 0 aliphatic heterocycles. The first-order valence-electron chi connectivity index (χ1n) is 4.68. The van der Waals surface area contributed by atoms with Gasteiger partial charge in [-0.15, -0.1) is 0 Å². The summed E-state index contributed by atoms with van der Waals surface area (Å²) < 4.78 is 6.23. The van der Waals surface area contributed by atoms with Gasteiger partial charge in [-0.2, -0.15) is 0 Å². The summed E-state index contributed by atoms with van der Waals surface area (Å²) in [6, 6.07) is 0. The maximum Gasteiger partial charge on any atom is 0.311 e. The van der Waals surface area contributed by atoms with E-state index in [1.54, 1.807) is 0 Å². The highest BCUT2D eigenvalue weighted by atomic mass is 16.5. The molecular formula is C9H14N2O3. The van der Waals surface area contributed by atoms with Crippen LogP contribution in [0, 0.1) is 0 Å². The van der Waals surface area contributed by atoms with Gasteiger partial charge in [-0.3, -0.25) is 19.4 Å². The van der Waals surface area contributed by atoms with Crippen LogP contribution in [0.25, 0.3) is 0 Å². The van der Waals surface area contributed by atoms with Gasteiger partial charge in [-0.05, 0) is 13.3 Å². The number of aromatic amines is 1. The van der Waals surface area contributed by atoms with E-state index in [9.17, 15) is 9.59 Å². The van der Waals surface area contributed by atoms with Crippen LogP contribution in [-0.2, 0) is 11.3 Å². The van der Waals surface area contributed by atoms with Crippen molar-refractivity contribution < 1.29 is 9.53 Å². The molecule has 0 saturated carbocycles. The number of hydrogen-bond donors (Lipinski definition) is 1. The molecule has 0 fully saturated rings. The van der Waals surface area contributed by atoms with Crippen molar-refractivity contribution in [3.8, 4) is 5.75 Å². The third-order valence-corrected chi connectivity index (χ3v) is 1.80. The van der Waals surface area contributed by atoms with E-state index in [0.29, 0.717) is 19.4 Å². The molecule has 0 spiro atoms. The fraction of sp³-hybridized carbons (Fsp3) is 0.556. The molecule has 1 aromatic heterocycles. The van der Waals surface area contributed by atoms with E-state index in [0.717, 1.165) is 0 Å². The van der Waals surface area contributed by atoms with Crippen LogP contribution >= 0.6 is 0 Å². The van der Waals surface area contributed by atoms with Crippen LogP contribution in [0.5, 0.6) is 5.75 Å². The number of carbonyl (C=O) groups excluding carboxylic acids is 1. The average molecular weight is 198 g/mol. The maximum atomic E-state index is 11.4. The van der Waals surface area contributed by atoms with Gasteiger partial charge >= 0.3 is 11.5 Å². The minimum absolute atomic E-state index is 0.0744. The zero-order valence-electron chi connectivity index (χ0n) is 8.37. The Labute approximate surface area is 81.7 Å². The zero-order valence-corrected chi connectivity index (χ0v) is 8.37. The van der Waals surface area contributed by atoms with Gasteiger partial charge in [-0.25, -0.2) is 0 Å². The number of H-pyrrole nitrogens is 1. The highest BCUT2D eigenvalue weighted by Gasteiger charge is 2.09. The summed E-state index contributed by atoms with van der Waals surface area (Å²) in [5.41, 5.74) is -0.294. The molecule has 5 heteroatoms. The Morgan fingerprint density at radius 3 is 2.79 bits per heavy atom. The van der Waals surface area contributed by atoms with E-state index in [-0.39, 0.29) is 17.3 Å². The minimum atomic E-state index is -0.369. The second-order valence-electron chi connectivity index (χ2n) is 2.91. The lowest BCUT2D eigenvalue weighted by molar-refractivity contribution is -0.134. The molecule has 1 heterocycles. The van der Waals surface area contributed by atoms with Crippen LogP contribution in [-0.4, -0.2) is 15.7 Å². The summed E-state index contributed by atoms with van der Waals surface area (Å²) >= 11 is 0. The zero-order chi connectivity index (χ0) is 10.6. The molecule has 14 heavy (non-hydrogen) atoms. The smallest absolute Gasteiger partial charge is 0.311 e. The van der Waals surface area contributed by atoms with Crippen LogP contribution in [0.2, 0.25) is 0 Å². The summed E-state index contributed by atoms with van der Waals surface area (Å²) in [6.45, 7) is 4.24. The summed E-state index contributed by atoms with van der Waals surface area (Å²) in [7, 11) is 0. The normalized spacial score (nSPS) is 10.1. The van der Waals surface area contributed by atoms with Crippen LogP contribution < -0.4 is 10.3 Å². The molecular weight excluding hydrogens is 184 g/mol. The van der Waals surface area contributed by atoms with E-state index in [1.165, 1.54) is 10.9 Å². The number of nitrogens with zero attached hydrogens (tertiary/aromatic N) is 1. The SMILES string of the molecule is CCCC(=O)Oc1c[nH]n(CC)c1=O. The molecule has 0 saturated heterocycles. The van der Waals surface area contributed by atoms with E-state index in [2.05, 4.69) is 5.10 Å². The van der Waals surface area contributed by atoms with E-state index < -0.39 is 0 Å². The molecule has 0 bridgehead atoms. The number of aryl methyl sites for hydroxylation is 1. The predicted octanol–water partition coefficient (Wildman–Crippen LogP) is 0.902. The van der Waals surface area contributed by atoms with Gasteiger partial charge in [0.25, 0.3) is 0 Å². The Bertz CT molecular complexity index is 364. The quantitative estimate of drug-likeness (QED) is 0.731. The summed E-state index contributed by atoms with van der Waals surface area (Å²) in [4.78, 5) is 22.5. The number of ether oxygens (including phenoxy) is 1. The molecule has 0 aliphatic carbocycles. The lowest BCUT2D eigenvalue weighted by Gasteiger charge is -1.97. The minimum Gasteiger partial charge on any atom is -0.419 e. The number of rotatable bonds is 4. The average Bonchev–Trinajstić information content (AvgIpc) is 2.48. The Kier molecular flexibility index (Phi) is 3.50. The van der Waals surface area contributed by atoms with Crippen LogP contribution in [0.3, 0.4) is 0 Å². The molecule has 0 amide bonds. The van der Waals surface area contributed by atoms with Crippen LogP contribution in [0.15, 0.2) is 11.0 Å². The summed E-state index contributed by atoms with van der Waals surface area (Å²) in [6.07, 6.45) is 2.45. The second kappa shape index (κ2) is 4.64. The molecule has 5 nitrogen and oxygen atoms in total. The van der Waals surface area contributed by atoms with E-state index in [1.807, 2.05) is 13.8 Å². The predicted molar refractivity (Wildman–Crippen MR) is 51.3 cm³/mol. The van der Waals surface area contributed by atoms with E-state index >= 15 is 0 Å². The van der Waals surface area contributed by atoms with Crippen molar-refractivity contribution in [2.45, 2.75) is 33.2 Å². The van der Waals surface area contributed by atoms with Crippen molar-refractivity contribution in [3.63, 3.8) is 0 Å². The Balaban J connectivity index is 2.72. The van der Waals surface area contributed by atoms with Gasteiger partial charge < -0.3 is 4.74 Å². The molecule has 0 radical (unpaired) electrons. The number of esters is 1. The van der Waals surface area contributed by atoms with Gasteiger partial charge in [0.1, 0.15) is 0 Å². The molecule has 0 aliphatic rings. The maximum absolute atomic E-state index is 11.4. The first kappa shape index (κ1) is 10.6. The third-order valence-electron chi connectivity index (χ3n) is 1.80. The van der Waals surface area contributed by atoms with Crippen molar-refractivity contribution in [2.75, 3.05) is 0 Å². The van der Waals surface area contributed by atoms with Crippen molar-refractivity contribution >= 4 is 5.97 Å². The van der Waals surface area contributed by atoms with Gasteiger partial charge in [0.15, 0.2) is 0 Å². The lowest BCUT2D eigenvalue weighted by Crippen LogP contribution is -2.19. The molecule has 0 aromatic carbocycles. The molecule has 0 atom stereocenters. The third kappa shape index (κ3) is 2.25. The number of nitrogens with one attached hydrogen (secondary N) is 1. The van der Waals surface area contributed by atoms with Gasteiger partial charge in [0.05, 0.1) is 6.20 Å². The summed E-state index contributed by atoms with van der Waals surface area (Å²) in [5.74, 6) is -0.294.